The molecular weight excluding hydrogens is 204 g/mol. The van der Waals surface area contributed by atoms with E-state index in [-0.39, 0.29) is 18.5 Å². The minimum atomic E-state index is -0.166. The first-order valence-electron chi connectivity index (χ1n) is 6.20. The van der Waals surface area contributed by atoms with E-state index < -0.39 is 0 Å². The van der Waals surface area contributed by atoms with Crippen LogP contribution < -0.4 is 0 Å². The molecule has 16 heavy (non-hydrogen) atoms. The van der Waals surface area contributed by atoms with Gasteiger partial charge in [0.2, 0.25) is 0 Å². The first kappa shape index (κ1) is 15.5. The number of ether oxygens (including phenoxy) is 2. The minimum Gasteiger partial charge on any atom is -0.350 e. The summed E-state index contributed by atoms with van der Waals surface area (Å²) in [6.07, 6.45) is 2.00. The van der Waals surface area contributed by atoms with Crippen LogP contribution in [0, 0.1) is 0 Å². The van der Waals surface area contributed by atoms with E-state index in [1.807, 2.05) is 27.7 Å². The summed E-state index contributed by atoms with van der Waals surface area (Å²) in [7, 11) is 0. The van der Waals surface area contributed by atoms with Crippen molar-refractivity contribution in [1.82, 2.24) is 0 Å². The molecule has 0 bridgehead atoms. The van der Waals surface area contributed by atoms with E-state index >= 15 is 0 Å². The maximum Gasteiger partial charge on any atom is 0.160 e. The Hall–Kier alpha value is -0.480. The minimum absolute atomic E-state index is 0.166. The number of azo groups is 1. The summed E-state index contributed by atoms with van der Waals surface area (Å²) in [4.78, 5) is 0. The Kier molecular flexibility index (Phi) is 9.43. The highest BCUT2D eigenvalue weighted by molar-refractivity contribution is 4.53. The molecule has 0 saturated carbocycles. The van der Waals surface area contributed by atoms with Crippen LogP contribution in [0.1, 0.15) is 47.5 Å². The summed E-state index contributed by atoms with van der Waals surface area (Å²) in [5.74, 6) is 0. The predicted octanol–water partition coefficient (Wildman–Crippen LogP) is 3.41. The summed E-state index contributed by atoms with van der Waals surface area (Å²) in [6.45, 7) is 11.6. The van der Waals surface area contributed by atoms with E-state index in [0.717, 1.165) is 19.4 Å². The molecule has 0 aliphatic heterocycles. The zero-order valence-electron chi connectivity index (χ0n) is 11.3. The second-order valence-corrected chi connectivity index (χ2v) is 4.32. The van der Waals surface area contributed by atoms with Gasteiger partial charge in [0.25, 0.3) is 0 Å². The summed E-state index contributed by atoms with van der Waals surface area (Å²) in [6, 6.07) is 0. The van der Waals surface area contributed by atoms with Gasteiger partial charge in [-0.05, 0) is 34.1 Å². The maximum absolute atomic E-state index is 5.64. The molecule has 0 saturated heterocycles. The Morgan fingerprint density at radius 3 is 1.81 bits per heavy atom. The monoisotopic (exact) mass is 230 g/mol. The molecule has 0 aromatic rings. The molecule has 0 unspecified atom stereocenters. The van der Waals surface area contributed by atoms with Gasteiger partial charge in [-0.3, -0.25) is 0 Å². The van der Waals surface area contributed by atoms with Gasteiger partial charge in [0.15, 0.2) is 6.29 Å². The standard InChI is InChI=1S/C12H26N2O2/c1-6-8-13-14-9-7-12(15-10(2)3)16-11(4)5/h10-12H,6-9H2,1-5H3. The average Bonchev–Trinajstić information content (AvgIpc) is 2.15. The van der Waals surface area contributed by atoms with E-state index in [9.17, 15) is 0 Å². The van der Waals surface area contributed by atoms with Crippen LogP contribution in [0.15, 0.2) is 10.2 Å². The summed E-state index contributed by atoms with van der Waals surface area (Å²) < 4.78 is 11.3. The van der Waals surface area contributed by atoms with Crippen molar-refractivity contribution < 1.29 is 9.47 Å². The molecule has 0 radical (unpaired) electrons. The number of rotatable bonds is 9. The van der Waals surface area contributed by atoms with Crippen LogP contribution in [-0.2, 0) is 9.47 Å². The van der Waals surface area contributed by atoms with Crippen molar-refractivity contribution in [3.63, 3.8) is 0 Å². The molecule has 0 aromatic carbocycles. The third-order valence-corrected chi connectivity index (χ3v) is 1.74. The highest BCUT2D eigenvalue weighted by atomic mass is 16.7. The van der Waals surface area contributed by atoms with Gasteiger partial charge in [-0.15, -0.1) is 0 Å². The zero-order valence-corrected chi connectivity index (χ0v) is 11.3. The van der Waals surface area contributed by atoms with Crippen molar-refractivity contribution >= 4 is 0 Å². The van der Waals surface area contributed by atoms with Crippen molar-refractivity contribution in [1.29, 1.82) is 0 Å². The number of nitrogens with zero attached hydrogens (tertiary/aromatic N) is 2. The summed E-state index contributed by atoms with van der Waals surface area (Å²) in [5.41, 5.74) is 0. The molecule has 0 N–H and O–H groups in total. The summed E-state index contributed by atoms with van der Waals surface area (Å²) in [5, 5.41) is 8.11. The van der Waals surface area contributed by atoms with Crippen molar-refractivity contribution in [2.45, 2.75) is 66.0 Å². The quantitative estimate of drug-likeness (QED) is 0.450. The van der Waals surface area contributed by atoms with Gasteiger partial charge in [-0.1, -0.05) is 6.92 Å². The fourth-order valence-corrected chi connectivity index (χ4v) is 1.18. The van der Waals surface area contributed by atoms with Gasteiger partial charge in [0.1, 0.15) is 0 Å². The van der Waals surface area contributed by atoms with E-state index in [4.69, 9.17) is 9.47 Å². The Labute approximate surface area is 99.4 Å². The maximum atomic E-state index is 5.64. The van der Waals surface area contributed by atoms with Crippen molar-refractivity contribution in [3.8, 4) is 0 Å². The lowest BCUT2D eigenvalue weighted by Gasteiger charge is -2.22. The van der Waals surface area contributed by atoms with Gasteiger partial charge < -0.3 is 9.47 Å². The van der Waals surface area contributed by atoms with Gasteiger partial charge in [0, 0.05) is 6.42 Å². The molecule has 96 valence electrons. The Balaban J connectivity index is 3.82. The lowest BCUT2D eigenvalue weighted by atomic mass is 10.4. The molecule has 0 aliphatic rings. The fourth-order valence-electron chi connectivity index (χ4n) is 1.18. The average molecular weight is 230 g/mol. The first-order valence-corrected chi connectivity index (χ1v) is 6.20. The molecule has 0 fully saturated rings. The molecule has 4 nitrogen and oxygen atoms in total. The lowest BCUT2D eigenvalue weighted by Crippen LogP contribution is -2.25. The largest absolute Gasteiger partial charge is 0.350 e. The molecule has 0 amide bonds. The van der Waals surface area contributed by atoms with Gasteiger partial charge in [-0.2, -0.15) is 10.2 Å². The van der Waals surface area contributed by atoms with Gasteiger partial charge in [0.05, 0.1) is 25.3 Å². The van der Waals surface area contributed by atoms with Gasteiger partial charge in [-0.25, -0.2) is 0 Å². The van der Waals surface area contributed by atoms with Crippen molar-refractivity contribution in [2.75, 3.05) is 13.1 Å². The molecule has 4 heteroatoms. The topological polar surface area (TPSA) is 43.2 Å². The molecule has 0 aliphatic carbocycles. The van der Waals surface area contributed by atoms with E-state index in [2.05, 4.69) is 17.2 Å². The van der Waals surface area contributed by atoms with Crippen LogP contribution in [0.4, 0.5) is 0 Å². The smallest absolute Gasteiger partial charge is 0.160 e. The summed E-state index contributed by atoms with van der Waals surface area (Å²) >= 11 is 0. The zero-order chi connectivity index (χ0) is 12.4. The Morgan fingerprint density at radius 1 is 0.875 bits per heavy atom. The van der Waals surface area contributed by atoms with E-state index in [1.54, 1.807) is 0 Å². The van der Waals surface area contributed by atoms with Gasteiger partial charge >= 0.3 is 0 Å². The third kappa shape index (κ3) is 10.1. The van der Waals surface area contributed by atoms with Crippen LogP contribution in [0.3, 0.4) is 0 Å². The van der Waals surface area contributed by atoms with Crippen LogP contribution >= 0.6 is 0 Å². The molecule has 0 heterocycles. The van der Waals surface area contributed by atoms with Crippen LogP contribution in [0.2, 0.25) is 0 Å². The molecule has 0 rings (SSSR count). The van der Waals surface area contributed by atoms with Crippen LogP contribution in [-0.4, -0.2) is 31.6 Å². The lowest BCUT2D eigenvalue weighted by molar-refractivity contribution is -0.182. The molecule has 0 spiro atoms. The number of hydrogen-bond acceptors (Lipinski definition) is 4. The second-order valence-electron chi connectivity index (χ2n) is 4.32. The first-order chi connectivity index (χ1) is 7.56. The van der Waals surface area contributed by atoms with Crippen LogP contribution in [0.5, 0.6) is 0 Å². The highest BCUT2D eigenvalue weighted by Crippen LogP contribution is 2.08. The SMILES string of the molecule is CCCN=NCCC(OC(C)C)OC(C)C. The normalized spacial score (nSPS) is 12.5. The van der Waals surface area contributed by atoms with Crippen molar-refractivity contribution in [3.05, 3.63) is 0 Å². The van der Waals surface area contributed by atoms with E-state index in [0.29, 0.717) is 6.54 Å². The van der Waals surface area contributed by atoms with E-state index in [1.165, 1.54) is 0 Å². The third-order valence-electron chi connectivity index (χ3n) is 1.74. The van der Waals surface area contributed by atoms with Crippen LogP contribution in [0.25, 0.3) is 0 Å². The Bertz CT molecular complexity index is 172. The number of hydrogen-bond donors (Lipinski definition) is 0. The molecule has 0 atom stereocenters. The Morgan fingerprint density at radius 2 is 1.38 bits per heavy atom. The molecule has 0 aromatic heterocycles. The molecular formula is C12H26N2O2. The second kappa shape index (κ2) is 9.73. The fraction of sp³-hybridized carbons (Fsp3) is 1.00. The highest BCUT2D eigenvalue weighted by Gasteiger charge is 2.12. The predicted molar refractivity (Wildman–Crippen MR) is 65.7 cm³/mol. The van der Waals surface area contributed by atoms with Crippen molar-refractivity contribution in [2.24, 2.45) is 10.2 Å².